The van der Waals surface area contributed by atoms with E-state index in [1.807, 2.05) is 32.8 Å². The number of aromatic nitrogens is 1. The standard InChI is InChI=1S/C27H30ClF3N4O4S/c1-26(2,34(3)4)16-39-24(37)7-5-6-23(36)35-15-21(20-14-17(28)8-13-22(20)35)33-25(38)32-18-9-11-19(12-10-18)40-27(29,30)31/h8-15H,5-7,16H2,1-4H3,(H2,32,33,38). The van der Waals surface area contributed by atoms with Crippen molar-refractivity contribution in [3.8, 4) is 0 Å². The lowest BCUT2D eigenvalue weighted by molar-refractivity contribution is -0.147. The van der Waals surface area contributed by atoms with Gasteiger partial charge in [0.15, 0.2) is 0 Å². The van der Waals surface area contributed by atoms with Gasteiger partial charge in [-0.2, -0.15) is 13.2 Å². The van der Waals surface area contributed by atoms with Gasteiger partial charge in [0, 0.05) is 45.6 Å². The number of likely N-dealkylation sites (N-methyl/N-ethyl adjacent to an activating group) is 1. The van der Waals surface area contributed by atoms with Crippen LogP contribution in [0.25, 0.3) is 10.9 Å². The Morgan fingerprint density at radius 1 is 1.02 bits per heavy atom. The molecule has 0 aliphatic heterocycles. The molecule has 0 fully saturated rings. The van der Waals surface area contributed by atoms with E-state index in [1.54, 1.807) is 18.2 Å². The fourth-order valence-corrected chi connectivity index (χ4v) is 4.21. The van der Waals surface area contributed by atoms with Gasteiger partial charge in [0.2, 0.25) is 5.91 Å². The third kappa shape index (κ3) is 8.90. The van der Waals surface area contributed by atoms with E-state index < -0.39 is 17.5 Å². The second kappa shape index (κ2) is 13.0. The second-order valence-electron chi connectivity index (χ2n) is 9.84. The summed E-state index contributed by atoms with van der Waals surface area (Å²) in [7, 11) is 3.79. The van der Waals surface area contributed by atoms with Crippen LogP contribution in [0.3, 0.4) is 0 Å². The number of carbonyl (C=O) groups is 3. The first kappa shape index (κ1) is 31.3. The zero-order valence-electron chi connectivity index (χ0n) is 22.4. The Morgan fingerprint density at radius 2 is 1.70 bits per heavy atom. The summed E-state index contributed by atoms with van der Waals surface area (Å²) >= 11 is 5.89. The number of anilines is 2. The number of esters is 1. The molecule has 2 N–H and O–H groups in total. The monoisotopic (exact) mass is 598 g/mol. The summed E-state index contributed by atoms with van der Waals surface area (Å²) in [6.45, 7) is 4.13. The highest BCUT2D eigenvalue weighted by molar-refractivity contribution is 8.00. The first-order valence-electron chi connectivity index (χ1n) is 12.3. The van der Waals surface area contributed by atoms with Crippen molar-refractivity contribution in [2.45, 2.75) is 49.1 Å². The van der Waals surface area contributed by atoms with Crippen molar-refractivity contribution in [1.82, 2.24) is 9.47 Å². The van der Waals surface area contributed by atoms with Gasteiger partial charge in [-0.05, 0) is 88.6 Å². The lowest BCUT2D eigenvalue weighted by Crippen LogP contribution is -2.43. The molecule has 0 saturated heterocycles. The minimum absolute atomic E-state index is 0.0136. The fourth-order valence-electron chi connectivity index (χ4n) is 3.50. The maximum absolute atomic E-state index is 13.0. The number of fused-ring (bicyclic) bond motifs is 1. The molecule has 2 aromatic carbocycles. The lowest BCUT2D eigenvalue weighted by atomic mass is 10.1. The Bertz CT molecular complexity index is 1370. The van der Waals surface area contributed by atoms with Crippen LogP contribution in [0.5, 0.6) is 0 Å². The van der Waals surface area contributed by atoms with Crippen molar-refractivity contribution in [2.24, 2.45) is 0 Å². The van der Waals surface area contributed by atoms with Crippen molar-refractivity contribution in [3.63, 3.8) is 0 Å². The Balaban J connectivity index is 1.64. The van der Waals surface area contributed by atoms with Crippen LogP contribution in [0.1, 0.15) is 37.9 Å². The van der Waals surface area contributed by atoms with Crippen LogP contribution < -0.4 is 10.6 Å². The van der Waals surface area contributed by atoms with E-state index in [-0.39, 0.29) is 59.7 Å². The average molecular weight is 599 g/mol. The number of halogens is 4. The highest BCUT2D eigenvalue weighted by Crippen LogP contribution is 2.37. The first-order chi connectivity index (χ1) is 18.6. The van der Waals surface area contributed by atoms with Crippen LogP contribution in [0.15, 0.2) is 53.6 Å². The van der Waals surface area contributed by atoms with Gasteiger partial charge in [0.1, 0.15) is 6.61 Å². The average Bonchev–Trinajstić information content (AvgIpc) is 3.20. The summed E-state index contributed by atoms with van der Waals surface area (Å²) < 4.78 is 44.3. The third-order valence-corrected chi connectivity index (χ3v) is 7.17. The van der Waals surface area contributed by atoms with Gasteiger partial charge in [0.25, 0.3) is 0 Å². The van der Waals surface area contributed by atoms with E-state index in [9.17, 15) is 27.6 Å². The Morgan fingerprint density at radius 3 is 2.33 bits per heavy atom. The van der Waals surface area contributed by atoms with Gasteiger partial charge >= 0.3 is 17.5 Å². The van der Waals surface area contributed by atoms with E-state index >= 15 is 0 Å². The van der Waals surface area contributed by atoms with Gasteiger partial charge in [0.05, 0.1) is 11.2 Å². The number of amides is 2. The quantitative estimate of drug-likeness (QED) is 0.189. The highest BCUT2D eigenvalue weighted by Gasteiger charge is 2.29. The number of hydrogen-bond donors (Lipinski definition) is 2. The van der Waals surface area contributed by atoms with Gasteiger partial charge < -0.3 is 20.3 Å². The number of ether oxygens (including phenoxy) is 1. The van der Waals surface area contributed by atoms with E-state index in [1.165, 1.54) is 35.0 Å². The normalized spacial score (nSPS) is 12.0. The summed E-state index contributed by atoms with van der Waals surface area (Å²) in [5.41, 5.74) is -3.64. The molecule has 3 aromatic rings. The second-order valence-corrected chi connectivity index (χ2v) is 11.4. The predicted octanol–water partition coefficient (Wildman–Crippen LogP) is 7.24. The Labute approximate surface area is 239 Å². The molecule has 0 bridgehead atoms. The van der Waals surface area contributed by atoms with Gasteiger partial charge in [-0.1, -0.05) is 11.6 Å². The fraction of sp³-hybridized carbons (Fsp3) is 0.370. The molecule has 0 aliphatic carbocycles. The van der Waals surface area contributed by atoms with Crippen LogP contribution in [0, 0.1) is 0 Å². The van der Waals surface area contributed by atoms with E-state index in [4.69, 9.17) is 16.3 Å². The van der Waals surface area contributed by atoms with Crippen LogP contribution >= 0.6 is 23.4 Å². The molecule has 13 heteroatoms. The number of thioether (sulfide) groups is 1. The summed E-state index contributed by atoms with van der Waals surface area (Å²) in [5, 5.41) is 6.11. The molecule has 0 unspecified atom stereocenters. The molecular weight excluding hydrogens is 569 g/mol. The van der Waals surface area contributed by atoms with Crippen molar-refractivity contribution >= 4 is 63.5 Å². The van der Waals surface area contributed by atoms with Gasteiger partial charge in [-0.25, -0.2) is 4.79 Å². The van der Waals surface area contributed by atoms with Crippen molar-refractivity contribution in [1.29, 1.82) is 0 Å². The molecular formula is C27H30ClF3N4O4S. The molecule has 0 atom stereocenters. The van der Waals surface area contributed by atoms with Crippen molar-refractivity contribution < 1.29 is 32.3 Å². The molecule has 0 radical (unpaired) electrons. The maximum Gasteiger partial charge on any atom is 0.446 e. The number of benzene rings is 2. The molecule has 0 saturated carbocycles. The molecule has 1 heterocycles. The SMILES string of the molecule is CN(C)C(C)(C)COC(=O)CCCC(=O)n1cc(NC(=O)Nc2ccc(SC(F)(F)F)cc2)c2cc(Cl)ccc21. The zero-order chi connectivity index (χ0) is 29.7. The van der Waals surface area contributed by atoms with E-state index in [2.05, 4.69) is 10.6 Å². The number of rotatable bonds is 10. The molecule has 3 rings (SSSR count). The predicted molar refractivity (Wildman–Crippen MR) is 151 cm³/mol. The number of hydrogen-bond acceptors (Lipinski definition) is 6. The van der Waals surface area contributed by atoms with E-state index in [0.717, 1.165) is 0 Å². The number of urea groups is 1. The molecule has 8 nitrogen and oxygen atoms in total. The number of alkyl halides is 3. The smallest absolute Gasteiger partial charge is 0.446 e. The first-order valence-corrected chi connectivity index (χ1v) is 13.4. The Kier molecular flexibility index (Phi) is 10.1. The zero-order valence-corrected chi connectivity index (χ0v) is 24.0. The highest BCUT2D eigenvalue weighted by atomic mass is 35.5. The molecule has 40 heavy (non-hydrogen) atoms. The van der Waals surface area contributed by atoms with Gasteiger partial charge in [-0.3, -0.25) is 14.2 Å². The minimum atomic E-state index is -4.41. The van der Waals surface area contributed by atoms with E-state index in [0.29, 0.717) is 21.6 Å². The van der Waals surface area contributed by atoms with Crippen LogP contribution in [-0.4, -0.2) is 59.1 Å². The summed E-state index contributed by atoms with van der Waals surface area (Å²) in [6.07, 6.45) is 1.88. The largest absolute Gasteiger partial charge is 0.464 e. The van der Waals surface area contributed by atoms with Crippen molar-refractivity contribution in [3.05, 3.63) is 53.7 Å². The number of nitrogens with zero attached hydrogens (tertiary/aromatic N) is 2. The third-order valence-electron chi connectivity index (χ3n) is 6.20. The molecule has 2 amide bonds. The van der Waals surface area contributed by atoms with Crippen molar-refractivity contribution in [2.75, 3.05) is 31.3 Å². The molecule has 0 spiro atoms. The van der Waals surface area contributed by atoms with Crippen LogP contribution in [-0.2, 0) is 9.53 Å². The molecule has 216 valence electrons. The summed E-state index contributed by atoms with van der Waals surface area (Å²) in [6, 6.07) is 9.39. The topological polar surface area (TPSA) is 92.7 Å². The molecule has 1 aromatic heterocycles. The Hall–Kier alpha value is -3.22. The number of nitrogens with one attached hydrogen (secondary N) is 2. The minimum Gasteiger partial charge on any atom is -0.464 e. The van der Waals surface area contributed by atoms with Crippen LogP contribution in [0.2, 0.25) is 5.02 Å². The number of carbonyl (C=O) groups excluding carboxylic acids is 3. The maximum atomic E-state index is 13.0. The molecule has 0 aliphatic rings. The van der Waals surface area contributed by atoms with Crippen LogP contribution in [0.4, 0.5) is 29.3 Å². The lowest BCUT2D eigenvalue weighted by Gasteiger charge is -2.31. The summed E-state index contributed by atoms with van der Waals surface area (Å²) in [5.74, 6) is -0.684. The van der Waals surface area contributed by atoms with Gasteiger partial charge in [-0.15, -0.1) is 0 Å². The summed E-state index contributed by atoms with van der Waals surface area (Å²) in [4.78, 5) is 39.7.